The van der Waals surface area contributed by atoms with Gasteiger partial charge < -0.3 is 15.0 Å². The van der Waals surface area contributed by atoms with Crippen molar-refractivity contribution in [1.29, 1.82) is 0 Å². The SMILES string of the molecule is CC1CN(S(=O)(=O)c2ccc(C(=O)N3CCNC(C)C3C)cc2)CC(C)O1.Cl. The first-order chi connectivity index (χ1) is 12.7. The fourth-order valence-electron chi connectivity index (χ4n) is 3.75. The molecule has 0 radical (unpaired) electrons. The molecule has 1 amide bonds. The number of rotatable bonds is 3. The number of morpholine rings is 1. The van der Waals surface area contributed by atoms with Gasteiger partial charge in [0.05, 0.1) is 17.1 Å². The normalized spacial score (nSPS) is 29.2. The predicted molar refractivity (Wildman–Crippen MR) is 110 cm³/mol. The number of carbonyl (C=O) groups excluding carboxylic acids is 1. The van der Waals surface area contributed by atoms with Crippen LogP contribution in [-0.4, -0.2) is 74.0 Å². The number of ether oxygens (including phenoxy) is 1. The van der Waals surface area contributed by atoms with Crippen LogP contribution < -0.4 is 5.32 Å². The minimum atomic E-state index is -3.60. The summed E-state index contributed by atoms with van der Waals surface area (Å²) in [5, 5.41) is 3.35. The third kappa shape index (κ3) is 4.68. The van der Waals surface area contributed by atoms with E-state index in [2.05, 4.69) is 12.2 Å². The van der Waals surface area contributed by atoms with Gasteiger partial charge in [0.1, 0.15) is 0 Å². The highest BCUT2D eigenvalue weighted by molar-refractivity contribution is 7.89. The molecule has 158 valence electrons. The zero-order valence-electron chi connectivity index (χ0n) is 16.8. The van der Waals surface area contributed by atoms with Crippen LogP contribution in [0.5, 0.6) is 0 Å². The first kappa shape index (κ1) is 23.1. The second-order valence-corrected chi connectivity index (χ2v) is 9.52. The molecule has 2 aliphatic heterocycles. The Morgan fingerprint density at radius 1 is 1.07 bits per heavy atom. The van der Waals surface area contributed by atoms with Crippen LogP contribution in [-0.2, 0) is 14.8 Å². The first-order valence-corrected chi connectivity index (χ1v) is 10.9. The molecule has 1 aromatic rings. The molecule has 7 nitrogen and oxygen atoms in total. The van der Waals surface area contributed by atoms with Gasteiger partial charge in [0.15, 0.2) is 0 Å². The van der Waals surface area contributed by atoms with E-state index in [1.165, 1.54) is 16.4 Å². The largest absolute Gasteiger partial charge is 0.373 e. The number of carbonyl (C=O) groups is 1. The quantitative estimate of drug-likeness (QED) is 0.788. The van der Waals surface area contributed by atoms with Crippen molar-refractivity contribution in [2.45, 2.75) is 56.9 Å². The molecule has 4 unspecified atom stereocenters. The van der Waals surface area contributed by atoms with Crippen LogP contribution >= 0.6 is 12.4 Å². The summed E-state index contributed by atoms with van der Waals surface area (Å²) in [6, 6.07) is 6.61. The van der Waals surface area contributed by atoms with Crippen molar-refractivity contribution >= 4 is 28.3 Å². The van der Waals surface area contributed by atoms with Crippen LogP contribution in [0.3, 0.4) is 0 Å². The molecule has 2 aliphatic rings. The van der Waals surface area contributed by atoms with Crippen LogP contribution in [0.25, 0.3) is 0 Å². The zero-order valence-corrected chi connectivity index (χ0v) is 18.4. The monoisotopic (exact) mass is 431 g/mol. The lowest BCUT2D eigenvalue weighted by molar-refractivity contribution is -0.0440. The number of nitrogens with one attached hydrogen (secondary N) is 1. The van der Waals surface area contributed by atoms with Crippen LogP contribution in [0, 0.1) is 0 Å². The molecular weight excluding hydrogens is 402 g/mol. The molecule has 2 fully saturated rings. The van der Waals surface area contributed by atoms with Crippen LogP contribution in [0.15, 0.2) is 29.2 Å². The number of piperazine rings is 1. The van der Waals surface area contributed by atoms with Gasteiger partial charge in [-0.15, -0.1) is 12.4 Å². The lowest BCUT2D eigenvalue weighted by atomic mass is 10.1. The molecule has 0 spiro atoms. The van der Waals surface area contributed by atoms with Crippen molar-refractivity contribution < 1.29 is 17.9 Å². The van der Waals surface area contributed by atoms with Crippen LogP contribution in [0.1, 0.15) is 38.1 Å². The van der Waals surface area contributed by atoms with E-state index in [1.807, 2.05) is 25.7 Å². The van der Waals surface area contributed by atoms with Gasteiger partial charge in [0.25, 0.3) is 5.91 Å². The van der Waals surface area contributed by atoms with E-state index in [-0.39, 0.29) is 47.5 Å². The van der Waals surface area contributed by atoms with E-state index in [0.29, 0.717) is 25.2 Å². The summed E-state index contributed by atoms with van der Waals surface area (Å²) in [6.07, 6.45) is -0.277. The Balaban J connectivity index is 0.00000280. The van der Waals surface area contributed by atoms with Crippen molar-refractivity contribution in [2.75, 3.05) is 26.2 Å². The molecule has 0 aliphatic carbocycles. The molecule has 2 heterocycles. The molecule has 1 aromatic carbocycles. The van der Waals surface area contributed by atoms with E-state index in [1.54, 1.807) is 12.1 Å². The number of nitrogens with zero attached hydrogens (tertiary/aromatic N) is 2. The molecule has 0 aromatic heterocycles. The van der Waals surface area contributed by atoms with Gasteiger partial charge in [-0.2, -0.15) is 4.31 Å². The third-order valence-corrected chi connectivity index (χ3v) is 7.27. The van der Waals surface area contributed by atoms with Crippen molar-refractivity contribution in [3.8, 4) is 0 Å². The van der Waals surface area contributed by atoms with Crippen LogP contribution in [0.4, 0.5) is 0 Å². The van der Waals surface area contributed by atoms with E-state index >= 15 is 0 Å². The van der Waals surface area contributed by atoms with Gasteiger partial charge in [-0.05, 0) is 52.0 Å². The van der Waals surface area contributed by atoms with Crippen molar-refractivity contribution in [2.24, 2.45) is 0 Å². The molecule has 0 bridgehead atoms. The Morgan fingerprint density at radius 3 is 2.21 bits per heavy atom. The molecule has 9 heteroatoms. The molecule has 28 heavy (non-hydrogen) atoms. The van der Waals surface area contributed by atoms with Gasteiger partial charge in [0.2, 0.25) is 10.0 Å². The fourth-order valence-corrected chi connectivity index (χ4v) is 5.35. The predicted octanol–water partition coefficient (Wildman–Crippen LogP) is 1.73. The molecule has 0 saturated carbocycles. The maximum absolute atomic E-state index is 12.9. The number of amides is 1. The third-order valence-electron chi connectivity index (χ3n) is 5.42. The lowest BCUT2D eigenvalue weighted by Crippen LogP contribution is -2.57. The Kier molecular flexibility index (Phi) is 7.50. The summed E-state index contributed by atoms with van der Waals surface area (Å²) < 4.78 is 32.9. The van der Waals surface area contributed by atoms with Gasteiger partial charge >= 0.3 is 0 Å². The van der Waals surface area contributed by atoms with Crippen LogP contribution in [0.2, 0.25) is 0 Å². The summed E-state index contributed by atoms with van der Waals surface area (Å²) in [5.41, 5.74) is 0.513. The Morgan fingerprint density at radius 2 is 1.64 bits per heavy atom. The Hall–Kier alpha value is -1.19. The van der Waals surface area contributed by atoms with Crippen molar-refractivity contribution in [3.05, 3.63) is 29.8 Å². The summed E-state index contributed by atoms with van der Waals surface area (Å²) >= 11 is 0. The lowest BCUT2D eigenvalue weighted by Gasteiger charge is -2.38. The number of benzene rings is 1. The van der Waals surface area contributed by atoms with E-state index in [9.17, 15) is 13.2 Å². The molecule has 2 saturated heterocycles. The second-order valence-electron chi connectivity index (χ2n) is 7.59. The number of hydrogen-bond donors (Lipinski definition) is 1. The summed E-state index contributed by atoms with van der Waals surface area (Å²) in [7, 11) is -3.60. The minimum absolute atomic E-state index is 0. The fraction of sp³-hybridized carbons (Fsp3) is 0.632. The average molecular weight is 432 g/mol. The highest BCUT2D eigenvalue weighted by Crippen LogP contribution is 2.22. The maximum atomic E-state index is 12.9. The van der Waals surface area contributed by atoms with Crippen molar-refractivity contribution in [1.82, 2.24) is 14.5 Å². The first-order valence-electron chi connectivity index (χ1n) is 9.50. The number of hydrogen-bond acceptors (Lipinski definition) is 5. The average Bonchev–Trinajstić information content (AvgIpc) is 2.63. The standard InChI is InChI=1S/C19H29N3O4S.ClH/c1-13-11-21(12-14(2)26-13)27(24,25)18-7-5-17(6-8-18)19(23)22-10-9-20-15(3)16(22)4;/h5-8,13-16,20H,9-12H2,1-4H3;1H. The smallest absolute Gasteiger partial charge is 0.254 e. The van der Waals surface area contributed by atoms with E-state index in [0.717, 1.165) is 6.54 Å². The molecule has 3 rings (SSSR count). The second kappa shape index (κ2) is 9.09. The Labute approximate surface area is 173 Å². The molecular formula is C19H30ClN3O4S. The highest BCUT2D eigenvalue weighted by Gasteiger charge is 2.33. The molecule has 1 N–H and O–H groups in total. The maximum Gasteiger partial charge on any atom is 0.254 e. The Bertz CT molecular complexity index is 777. The zero-order chi connectivity index (χ0) is 19.8. The molecule has 4 atom stereocenters. The number of sulfonamides is 1. The van der Waals surface area contributed by atoms with Gasteiger partial charge in [-0.3, -0.25) is 4.79 Å². The van der Waals surface area contributed by atoms with Gasteiger partial charge in [-0.1, -0.05) is 0 Å². The van der Waals surface area contributed by atoms with E-state index < -0.39 is 10.0 Å². The van der Waals surface area contributed by atoms with Crippen molar-refractivity contribution in [3.63, 3.8) is 0 Å². The van der Waals surface area contributed by atoms with Gasteiger partial charge in [-0.25, -0.2) is 8.42 Å². The summed E-state index contributed by atoms with van der Waals surface area (Å²) in [4.78, 5) is 14.9. The van der Waals surface area contributed by atoms with Gasteiger partial charge in [0, 0.05) is 43.8 Å². The summed E-state index contributed by atoms with van der Waals surface area (Å²) in [6.45, 7) is 9.90. The summed E-state index contributed by atoms with van der Waals surface area (Å²) in [5.74, 6) is -0.0617. The number of halogens is 1. The topological polar surface area (TPSA) is 79.0 Å². The highest BCUT2D eigenvalue weighted by atomic mass is 35.5. The van der Waals surface area contributed by atoms with E-state index in [4.69, 9.17) is 4.74 Å². The minimum Gasteiger partial charge on any atom is -0.373 e.